The van der Waals surface area contributed by atoms with Gasteiger partial charge in [-0.25, -0.2) is 4.98 Å². The zero-order valence-corrected chi connectivity index (χ0v) is 12.4. The van der Waals surface area contributed by atoms with Crippen LogP contribution in [0.3, 0.4) is 0 Å². The lowest BCUT2D eigenvalue weighted by Gasteiger charge is -2.34. The third kappa shape index (κ3) is 4.28. The van der Waals surface area contributed by atoms with Gasteiger partial charge >= 0.3 is 0 Å². The van der Waals surface area contributed by atoms with E-state index >= 15 is 0 Å². The Morgan fingerprint density at radius 2 is 2.10 bits per heavy atom. The number of aliphatic hydroxyl groups excluding tert-OH is 1. The smallest absolute Gasteiger partial charge is 0.272 e. The highest BCUT2D eigenvalue weighted by molar-refractivity contribution is 5.92. The maximum absolute atomic E-state index is 12.4. The summed E-state index contributed by atoms with van der Waals surface area (Å²) in [6.07, 6.45) is 2.72. The van der Waals surface area contributed by atoms with Gasteiger partial charge in [0.05, 0.1) is 0 Å². The molecule has 2 heterocycles. The number of aliphatic hydroxyl groups is 1. The van der Waals surface area contributed by atoms with E-state index in [2.05, 4.69) is 28.6 Å². The first kappa shape index (κ1) is 15.5. The Balaban J connectivity index is 1.94. The van der Waals surface area contributed by atoms with E-state index in [1.165, 1.54) is 0 Å². The van der Waals surface area contributed by atoms with Crippen molar-refractivity contribution in [3.8, 4) is 11.8 Å². The predicted molar refractivity (Wildman–Crippen MR) is 80.8 cm³/mol. The van der Waals surface area contributed by atoms with Gasteiger partial charge in [0.25, 0.3) is 5.91 Å². The van der Waals surface area contributed by atoms with E-state index in [4.69, 9.17) is 5.11 Å². The average molecular weight is 287 g/mol. The van der Waals surface area contributed by atoms with Crippen molar-refractivity contribution in [3.05, 3.63) is 29.6 Å². The number of hydrogen-bond donors (Lipinski definition) is 1. The van der Waals surface area contributed by atoms with E-state index in [9.17, 15) is 4.79 Å². The van der Waals surface area contributed by atoms with Crippen molar-refractivity contribution in [1.29, 1.82) is 0 Å². The molecule has 2 rings (SSSR count). The first-order valence-corrected chi connectivity index (χ1v) is 7.32. The van der Waals surface area contributed by atoms with E-state index in [1.807, 2.05) is 4.90 Å². The Morgan fingerprint density at radius 1 is 1.33 bits per heavy atom. The van der Waals surface area contributed by atoms with Crippen LogP contribution in [0.4, 0.5) is 0 Å². The van der Waals surface area contributed by atoms with Crippen molar-refractivity contribution in [1.82, 2.24) is 14.8 Å². The molecular formula is C16H21N3O2. The predicted octanol–water partition coefficient (Wildman–Crippen LogP) is 0.593. The Hall–Kier alpha value is -1.90. The Kier molecular flexibility index (Phi) is 5.73. The molecule has 0 aliphatic carbocycles. The van der Waals surface area contributed by atoms with Crippen LogP contribution in [-0.2, 0) is 0 Å². The van der Waals surface area contributed by atoms with E-state index < -0.39 is 0 Å². The molecule has 1 aliphatic heterocycles. The molecule has 5 nitrogen and oxygen atoms in total. The zero-order chi connectivity index (χ0) is 15.1. The molecule has 1 fully saturated rings. The summed E-state index contributed by atoms with van der Waals surface area (Å²) in [6, 6.07) is 3.46. The first-order chi connectivity index (χ1) is 10.2. The summed E-state index contributed by atoms with van der Waals surface area (Å²) >= 11 is 0. The Morgan fingerprint density at radius 3 is 2.67 bits per heavy atom. The van der Waals surface area contributed by atoms with Crippen LogP contribution in [0.1, 0.15) is 29.4 Å². The van der Waals surface area contributed by atoms with Crippen LogP contribution >= 0.6 is 0 Å². The van der Waals surface area contributed by atoms with Crippen LogP contribution in [-0.4, -0.2) is 65.1 Å². The number of hydrogen-bond acceptors (Lipinski definition) is 4. The van der Waals surface area contributed by atoms with E-state index in [-0.39, 0.29) is 12.5 Å². The maximum atomic E-state index is 12.4. The van der Waals surface area contributed by atoms with Gasteiger partial charge in [-0.1, -0.05) is 18.8 Å². The van der Waals surface area contributed by atoms with Gasteiger partial charge in [-0.15, -0.1) is 0 Å². The molecular weight excluding hydrogens is 266 g/mol. The summed E-state index contributed by atoms with van der Waals surface area (Å²) in [5, 5.41) is 8.64. The van der Waals surface area contributed by atoms with Gasteiger partial charge in [0.1, 0.15) is 12.3 Å². The summed E-state index contributed by atoms with van der Waals surface area (Å²) in [6.45, 7) is 6.46. The maximum Gasteiger partial charge on any atom is 0.272 e. The monoisotopic (exact) mass is 287 g/mol. The van der Waals surface area contributed by atoms with Crippen LogP contribution in [0.5, 0.6) is 0 Å². The van der Waals surface area contributed by atoms with Crippen molar-refractivity contribution >= 4 is 5.91 Å². The molecule has 1 N–H and O–H groups in total. The quantitative estimate of drug-likeness (QED) is 0.827. The van der Waals surface area contributed by atoms with Gasteiger partial charge in [0.2, 0.25) is 0 Å². The number of rotatable bonds is 3. The molecule has 1 saturated heterocycles. The van der Waals surface area contributed by atoms with E-state index in [1.54, 1.807) is 18.3 Å². The minimum absolute atomic E-state index is 0.0205. The molecule has 0 atom stereocenters. The number of amides is 1. The van der Waals surface area contributed by atoms with Crippen molar-refractivity contribution in [2.24, 2.45) is 0 Å². The molecule has 0 saturated carbocycles. The van der Waals surface area contributed by atoms with Crippen molar-refractivity contribution in [2.75, 3.05) is 39.3 Å². The van der Waals surface area contributed by atoms with Crippen molar-refractivity contribution in [2.45, 2.75) is 13.3 Å². The van der Waals surface area contributed by atoms with Crippen LogP contribution in [0, 0.1) is 11.8 Å². The highest BCUT2D eigenvalue weighted by Crippen LogP contribution is 2.08. The van der Waals surface area contributed by atoms with E-state index in [0.29, 0.717) is 11.3 Å². The second-order valence-corrected chi connectivity index (χ2v) is 5.03. The minimum atomic E-state index is -0.178. The summed E-state index contributed by atoms with van der Waals surface area (Å²) < 4.78 is 0. The third-order valence-corrected chi connectivity index (χ3v) is 3.49. The minimum Gasteiger partial charge on any atom is -0.384 e. The molecule has 21 heavy (non-hydrogen) atoms. The number of pyridine rings is 1. The Bertz CT molecular complexity index is 523. The van der Waals surface area contributed by atoms with Gasteiger partial charge in [-0.05, 0) is 25.1 Å². The number of carbonyl (C=O) groups excluding carboxylic acids is 1. The van der Waals surface area contributed by atoms with Crippen molar-refractivity contribution < 1.29 is 9.90 Å². The lowest BCUT2D eigenvalue weighted by atomic mass is 10.2. The second-order valence-electron chi connectivity index (χ2n) is 5.03. The lowest BCUT2D eigenvalue weighted by Crippen LogP contribution is -2.48. The normalized spacial score (nSPS) is 15.4. The van der Waals surface area contributed by atoms with Gasteiger partial charge in [-0.3, -0.25) is 9.69 Å². The summed E-state index contributed by atoms with van der Waals surface area (Å²) in [7, 11) is 0. The first-order valence-electron chi connectivity index (χ1n) is 7.32. The van der Waals surface area contributed by atoms with Gasteiger partial charge in [0, 0.05) is 37.9 Å². The number of piperazine rings is 1. The second kappa shape index (κ2) is 7.77. The summed E-state index contributed by atoms with van der Waals surface area (Å²) in [4.78, 5) is 20.8. The molecule has 0 unspecified atom stereocenters. The SMILES string of the molecule is CCCN1CCN(C(=O)c2ccc(C#CCO)cn2)CC1. The fourth-order valence-electron chi connectivity index (χ4n) is 2.39. The fourth-order valence-corrected chi connectivity index (χ4v) is 2.39. The molecule has 0 aromatic carbocycles. The molecule has 0 spiro atoms. The topological polar surface area (TPSA) is 56.7 Å². The molecule has 1 amide bonds. The molecule has 0 bridgehead atoms. The van der Waals surface area contributed by atoms with Crippen LogP contribution in [0.25, 0.3) is 0 Å². The number of aromatic nitrogens is 1. The highest BCUT2D eigenvalue weighted by Gasteiger charge is 2.22. The zero-order valence-electron chi connectivity index (χ0n) is 12.4. The summed E-state index contributed by atoms with van der Waals surface area (Å²) in [5.41, 5.74) is 1.15. The molecule has 1 aromatic rings. The number of nitrogens with zero attached hydrogens (tertiary/aromatic N) is 3. The van der Waals surface area contributed by atoms with Crippen LogP contribution < -0.4 is 0 Å². The van der Waals surface area contributed by atoms with Crippen molar-refractivity contribution in [3.63, 3.8) is 0 Å². The number of carbonyl (C=O) groups is 1. The largest absolute Gasteiger partial charge is 0.384 e. The molecule has 1 aromatic heterocycles. The average Bonchev–Trinajstić information content (AvgIpc) is 2.54. The van der Waals surface area contributed by atoms with Gasteiger partial charge in [0.15, 0.2) is 0 Å². The molecule has 112 valence electrons. The lowest BCUT2D eigenvalue weighted by molar-refractivity contribution is 0.0632. The van der Waals surface area contributed by atoms with Crippen LogP contribution in [0.15, 0.2) is 18.3 Å². The standard InChI is InChI=1S/C16H21N3O2/c1-2-7-18-8-10-19(11-9-18)16(21)15-6-5-14(13-17-15)4-3-12-20/h5-6,13,20H,2,7-12H2,1H3. The molecule has 0 radical (unpaired) electrons. The van der Waals surface area contributed by atoms with E-state index in [0.717, 1.165) is 39.1 Å². The van der Waals surface area contributed by atoms with Crippen LogP contribution in [0.2, 0.25) is 0 Å². The highest BCUT2D eigenvalue weighted by atomic mass is 16.2. The molecule has 1 aliphatic rings. The fraction of sp³-hybridized carbons (Fsp3) is 0.500. The molecule has 5 heteroatoms. The summed E-state index contributed by atoms with van der Waals surface area (Å²) in [5.74, 6) is 5.30. The third-order valence-electron chi connectivity index (χ3n) is 3.49. The van der Waals surface area contributed by atoms with Gasteiger partial charge in [-0.2, -0.15) is 0 Å². The van der Waals surface area contributed by atoms with Gasteiger partial charge < -0.3 is 10.0 Å². The Labute approximate surface area is 125 Å².